The zero-order valence-corrected chi connectivity index (χ0v) is 13.1. The molecule has 2 rings (SSSR count). The molecule has 22 heavy (non-hydrogen) atoms. The van der Waals surface area contributed by atoms with Gasteiger partial charge in [-0.25, -0.2) is 13.1 Å². The van der Waals surface area contributed by atoms with Crippen molar-refractivity contribution in [2.24, 2.45) is 0 Å². The van der Waals surface area contributed by atoms with E-state index in [-0.39, 0.29) is 11.3 Å². The number of methoxy groups -OCH3 is 1. The van der Waals surface area contributed by atoms with E-state index in [9.17, 15) is 13.2 Å². The van der Waals surface area contributed by atoms with Crippen molar-refractivity contribution in [3.8, 4) is 11.5 Å². The highest BCUT2D eigenvalue weighted by Crippen LogP contribution is 2.31. The molecule has 0 atom stereocenters. The Balaban J connectivity index is 2.09. The quantitative estimate of drug-likeness (QED) is 0.785. The monoisotopic (exact) mass is 329 g/mol. The van der Waals surface area contributed by atoms with Crippen molar-refractivity contribution in [3.05, 3.63) is 18.2 Å². The molecule has 0 aliphatic carbocycles. The Morgan fingerprint density at radius 1 is 1.27 bits per heavy atom. The molecule has 1 heterocycles. The van der Waals surface area contributed by atoms with E-state index in [1.807, 2.05) is 4.72 Å². The van der Waals surface area contributed by atoms with Crippen LogP contribution in [0.15, 0.2) is 23.1 Å². The normalized spacial score (nSPS) is 14.2. The summed E-state index contributed by atoms with van der Waals surface area (Å²) < 4.78 is 42.1. The molecule has 0 saturated carbocycles. The summed E-state index contributed by atoms with van der Waals surface area (Å²) in [4.78, 5) is 11.6. The molecule has 0 fully saturated rings. The highest BCUT2D eigenvalue weighted by Gasteiger charge is 2.20. The van der Waals surface area contributed by atoms with Gasteiger partial charge in [0.15, 0.2) is 11.5 Å². The van der Waals surface area contributed by atoms with Gasteiger partial charge < -0.3 is 14.2 Å². The van der Waals surface area contributed by atoms with E-state index in [2.05, 4.69) is 0 Å². The molecule has 122 valence electrons. The van der Waals surface area contributed by atoms with Crippen molar-refractivity contribution >= 4 is 15.9 Å². The summed E-state index contributed by atoms with van der Waals surface area (Å²) in [5, 5.41) is 0. The zero-order valence-electron chi connectivity index (χ0n) is 12.3. The first-order valence-corrected chi connectivity index (χ1v) is 8.45. The molecule has 1 aliphatic rings. The number of ether oxygens (including phenoxy) is 3. The van der Waals surface area contributed by atoms with Gasteiger partial charge in [-0.15, -0.1) is 0 Å². The first-order chi connectivity index (χ1) is 10.5. The first kappa shape index (κ1) is 16.6. The van der Waals surface area contributed by atoms with E-state index >= 15 is 0 Å². The first-order valence-electron chi connectivity index (χ1n) is 6.97. The molecule has 1 N–H and O–H groups in total. The van der Waals surface area contributed by atoms with Gasteiger partial charge in [0.05, 0.1) is 18.1 Å². The molecule has 7 nitrogen and oxygen atoms in total. The van der Waals surface area contributed by atoms with Crippen LogP contribution in [0.25, 0.3) is 0 Å². The van der Waals surface area contributed by atoms with E-state index < -0.39 is 15.9 Å². The Hall–Kier alpha value is -1.80. The summed E-state index contributed by atoms with van der Waals surface area (Å²) >= 11 is 0. The van der Waals surface area contributed by atoms with Gasteiger partial charge in [0, 0.05) is 32.6 Å². The van der Waals surface area contributed by atoms with Gasteiger partial charge in [0.25, 0.3) is 10.0 Å². The van der Waals surface area contributed by atoms with Crippen LogP contribution in [-0.2, 0) is 19.6 Å². The van der Waals surface area contributed by atoms with Gasteiger partial charge in [0.2, 0.25) is 5.91 Å². The summed E-state index contributed by atoms with van der Waals surface area (Å²) in [5.74, 6) is 0.305. The number of carbonyl (C=O) groups excluding carboxylic acids is 1. The van der Waals surface area contributed by atoms with Crippen molar-refractivity contribution in [3.63, 3.8) is 0 Å². The summed E-state index contributed by atoms with van der Waals surface area (Å²) in [6.45, 7) is 1.38. The molecule has 0 unspecified atom stereocenters. The summed E-state index contributed by atoms with van der Waals surface area (Å²) in [6, 6.07) is 4.29. The fraction of sp³-hybridized carbons (Fsp3) is 0.500. The summed E-state index contributed by atoms with van der Waals surface area (Å²) in [6.07, 6.45) is 1.27. The molecule has 1 aromatic rings. The van der Waals surface area contributed by atoms with Gasteiger partial charge in [-0.2, -0.15) is 0 Å². The minimum atomic E-state index is -3.92. The fourth-order valence-corrected chi connectivity index (χ4v) is 2.98. The van der Waals surface area contributed by atoms with Gasteiger partial charge in [0.1, 0.15) is 0 Å². The molecular formula is C14H19NO6S. The topological polar surface area (TPSA) is 90.9 Å². The van der Waals surface area contributed by atoms with Crippen LogP contribution in [0.1, 0.15) is 19.3 Å². The SMILES string of the molecule is COCCCC(=O)NS(=O)(=O)c1ccc2c(c1)OCCCO2. The van der Waals surface area contributed by atoms with Crippen LogP contribution in [0.4, 0.5) is 0 Å². The Bertz CT molecular complexity index is 628. The van der Waals surface area contributed by atoms with Gasteiger partial charge in [-0.05, 0) is 18.6 Å². The predicted octanol–water partition coefficient (Wildman–Crippen LogP) is 1.08. The van der Waals surface area contributed by atoms with Crippen LogP contribution >= 0.6 is 0 Å². The smallest absolute Gasteiger partial charge is 0.264 e. The van der Waals surface area contributed by atoms with E-state index in [1.54, 1.807) is 0 Å². The Labute approximate surface area is 129 Å². The molecule has 0 bridgehead atoms. The molecule has 1 aromatic carbocycles. The lowest BCUT2D eigenvalue weighted by molar-refractivity contribution is -0.119. The minimum Gasteiger partial charge on any atom is -0.490 e. The number of hydrogen-bond acceptors (Lipinski definition) is 6. The average Bonchev–Trinajstić information content (AvgIpc) is 2.71. The number of benzene rings is 1. The third-order valence-corrected chi connectivity index (χ3v) is 4.40. The van der Waals surface area contributed by atoms with Crippen LogP contribution in [-0.4, -0.2) is 41.3 Å². The molecule has 8 heteroatoms. The Morgan fingerprint density at radius 2 is 2.00 bits per heavy atom. The number of carbonyl (C=O) groups is 1. The van der Waals surface area contributed by atoms with Gasteiger partial charge in [-0.1, -0.05) is 0 Å². The number of rotatable bonds is 6. The molecule has 1 amide bonds. The summed E-state index contributed by atoms with van der Waals surface area (Å²) in [5.41, 5.74) is 0. The number of hydrogen-bond donors (Lipinski definition) is 1. The maximum atomic E-state index is 12.2. The molecular weight excluding hydrogens is 310 g/mol. The van der Waals surface area contributed by atoms with Crippen LogP contribution in [0.3, 0.4) is 0 Å². The molecule has 1 aliphatic heterocycles. The molecule has 0 saturated heterocycles. The molecule has 0 spiro atoms. The third-order valence-electron chi connectivity index (χ3n) is 3.03. The lowest BCUT2D eigenvalue weighted by Crippen LogP contribution is -2.30. The second-order valence-electron chi connectivity index (χ2n) is 4.78. The Kier molecular flexibility index (Phi) is 5.62. The molecule has 0 aromatic heterocycles. The second-order valence-corrected chi connectivity index (χ2v) is 6.47. The maximum absolute atomic E-state index is 12.2. The number of fused-ring (bicyclic) bond motifs is 1. The van der Waals surface area contributed by atoms with Crippen LogP contribution < -0.4 is 14.2 Å². The lowest BCUT2D eigenvalue weighted by atomic mass is 10.3. The van der Waals surface area contributed by atoms with E-state index in [0.29, 0.717) is 37.7 Å². The largest absolute Gasteiger partial charge is 0.490 e. The summed E-state index contributed by atoms with van der Waals surface area (Å²) in [7, 11) is -2.40. The van der Waals surface area contributed by atoms with E-state index in [1.165, 1.54) is 25.3 Å². The number of sulfonamides is 1. The van der Waals surface area contributed by atoms with Crippen molar-refractivity contribution in [2.75, 3.05) is 26.9 Å². The van der Waals surface area contributed by atoms with Gasteiger partial charge >= 0.3 is 0 Å². The van der Waals surface area contributed by atoms with Crippen molar-refractivity contribution in [2.45, 2.75) is 24.2 Å². The van der Waals surface area contributed by atoms with Crippen LogP contribution in [0, 0.1) is 0 Å². The van der Waals surface area contributed by atoms with Crippen LogP contribution in [0.2, 0.25) is 0 Å². The average molecular weight is 329 g/mol. The maximum Gasteiger partial charge on any atom is 0.264 e. The van der Waals surface area contributed by atoms with Crippen LogP contribution in [0.5, 0.6) is 11.5 Å². The number of nitrogens with one attached hydrogen (secondary N) is 1. The standard InChI is InChI=1S/C14H19NO6S/c1-19-7-2-4-14(16)15-22(17,18)11-5-6-12-13(10-11)21-9-3-8-20-12/h5-6,10H,2-4,7-9H2,1H3,(H,15,16). The second kappa shape index (κ2) is 7.46. The van der Waals surface area contributed by atoms with Crippen molar-refractivity contribution in [1.82, 2.24) is 4.72 Å². The molecule has 0 radical (unpaired) electrons. The van der Waals surface area contributed by atoms with E-state index in [0.717, 1.165) is 6.42 Å². The van der Waals surface area contributed by atoms with Gasteiger partial charge in [-0.3, -0.25) is 4.79 Å². The highest BCUT2D eigenvalue weighted by molar-refractivity contribution is 7.90. The van der Waals surface area contributed by atoms with E-state index in [4.69, 9.17) is 14.2 Å². The fourth-order valence-electron chi connectivity index (χ4n) is 1.95. The van der Waals surface area contributed by atoms with Crippen molar-refractivity contribution < 1.29 is 27.4 Å². The highest BCUT2D eigenvalue weighted by atomic mass is 32.2. The third kappa shape index (κ3) is 4.35. The predicted molar refractivity (Wildman–Crippen MR) is 78.5 cm³/mol. The number of amides is 1. The van der Waals surface area contributed by atoms with Crippen molar-refractivity contribution in [1.29, 1.82) is 0 Å². The Morgan fingerprint density at radius 3 is 2.73 bits per heavy atom. The lowest BCUT2D eigenvalue weighted by Gasteiger charge is -2.10. The zero-order chi connectivity index (χ0) is 16.0. The minimum absolute atomic E-state index is 0.0307.